The molecule has 3 rings (SSSR count). The van der Waals surface area contributed by atoms with Crippen LogP contribution in [-0.4, -0.2) is 16.8 Å². The van der Waals surface area contributed by atoms with Crippen molar-refractivity contribution < 1.29 is 14.7 Å². The van der Waals surface area contributed by atoms with Gasteiger partial charge in [-0.2, -0.15) is 0 Å². The normalized spacial score (nSPS) is 11.5. The Morgan fingerprint density at radius 1 is 0.933 bits per heavy atom. The molecular weight excluding hydrogens is 374 g/mol. The molecule has 0 aliphatic carbocycles. The van der Waals surface area contributed by atoms with Crippen LogP contribution in [0.1, 0.15) is 48.9 Å². The van der Waals surface area contributed by atoms with Crippen molar-refractivity contribution >= 4 is 11.7 Å². The number of benzene rings is 3. The molecule has 0 radical (unpaired) electrons. The number of aliphatic carboxylic acids is 1. The van der Waals surface area contributed by atoms with Gasteiger partial charge in [0, 0.05) is 0 Å². The van der Waals surface area contributed by atoms with Gasteiger partial charge in [0.2, 0.25) is 0 Å². The molecule has 4 heteroatoms. The minimum Gasteiger partial charge on any atom is -0.481 e. The molecule has 0 saturated carbocycles. The molecule has 0 saturated heterocycles. The lowest BCUT2D eigenvalue weighted by Crippen LogP contribution is -2.00. The molecule has 0 aliphatic heterocycles. The molecule has 0 unspecified atom stereocenters. The summed E-state index contributed by atoms with van der Waals surface area (Å²) in [5, 5.41) is 13.2. The molecule has 0 atom stereocenters. The van der Waals surface area contributed by atoms with Gasteiger partial charge in [-0.1, -0.05) is 91.8 Å². The van der Waals surface area contributed by atoms with Gasteiger partial charge in [0.05, 0.1) is 12.1 Å². The minimum absolute atomic E-state index is 0.0230. The van der Waals surface area contributed by atoms with Crippen molar-refractivity contribution in [3.05, 3.63) is 95.1 Å². The molecule has 0 heterocycles. The van der Waals surface area contributed by atoms with Crippen LogP contribution >= 0.6 is 0 Å². The smallest absolute Gasteiger partial charge is 0.307 e. The zero-order chi connectivity index (χ0) is 21.5. The molecule has 0 amide bonds. The first-order valence-corrected chi connectivity index (χ1v) is 10.1. The van der Waals surface area contributed by atoms with Crippen molar-refractivity contribution in [1.29, 1.82) is 0 Å². The van der Waals surface area contributed by atoms with Crippen LogP contribution in [0.5, 0.6) is 0 Å². The third-order valence-electron chi connectivity index (χ3n) is 5.00. The summed E-state index contributed by atoms with van der Waals surface area (Å²) in [6.45, 7) is 6.71. The molecule has 1 N–H and O–H groups in total. The lowest BCUT2D eigenvalue weighted by Gasteiger charge is -2.08. The van der Waals surface area contributed by atoms with E-state index in [1.165, 1.54) is 5.56 Å². The fourth-order valence-corrected chi connectivity index (χ4v) is 3.19. The van der Waals surface area contributed by atoms with E-state index in [1.807, 2.05) is 55.5 Å². The van der Waals surface area contributed by atoms with Crippen molar-refractivity contribution in [2.45, 2.75) is 39.7 Å². The monoisotopic (exact) mass is 401 g/mol. The van der Waals surface area contributed by atoms with E-state index in [-0.39, 0.29) is 6.42 Å². The number of carbonyl (C=O) groups is 1. The number of oxime groups is 1. The van der Waals surface area contributed by atoms with Gasteiger partial charge in [-0.25, -0.2) is 0 Å². The van der Waals surface area contributed by atoms with Crippen LogP contribution in [0.15, 0.2) is 78.0 Å². The molecule has 0 spiro atoms. The number of carboxylic acid groups (broad SMARTS) is 1. The Morgan fingerprint density at radius 3 is 2.27 bits per heavy atom. The SMILES string of the molecule is CC(=NOCc1ccc(C(C)C)cc1)c1ccc(-c2cccc(CC(=O)O)c2)cc1. The van der Waals surface area contributed by atoms with E-state index in [4.69, 9.17) is 9.94 Å². The van der Waals surface area contributed by atoms with Crippen LogP contribution in [0.25, 0.3) is 11.1 Å². The first kappa shape index (κ1) is 21.3. The zero-order valence-electron chi connectivity index (χ0n) is 17.6. The van der Waals surface area contributed by atoms with E-state index in [2.05, 4.69) is 43.3 Å². The summed E-state index contributed by atoms with van der Waals surface area (Å²) in [5.74, 6) is -0.312. The van der Waals surface area contributed by atoms with E-state index in [0.29, 0.717) is 12.5 Å². The van der Waals surface area contributed by atoms with Crippen molar-refractivity contribution in [3.8, 4) is 11.1 Å². The van der Waals surface area contributed by atoms with Crippen LogP contribution in [0.2, 0.25) is 0 Å². The zero-order valence-corrected chi connectivity index (χ0v) is 17.6. The average Bonchev–Trinajstić information content (AvgIpc) is 2.74. The lowest BCUT2D eigenvalue weighted by atomic mass is 10.00. The van der Waals surface area contributed by atoms with Gasteiger partial charge in [0.25, 0.3) is 0 Å². The van der Waals surface area contributed by atoms with Crippen molar-refractivity contribution in [1.82, 2.24) is 0 Å². The highest BCUT2D eigenvalue weighted by molar-refractivity contribution is 5.98. The van der Waals surface area contributed by atoms with Crippen molar-refractivity contribution in [2.75, 3.05) is 0 Å². The van der Waals surface area contributed by atoms with E-state index in [0.717, 1.165) is 33.5 Å². The quantitative estimate of drug-likeness (QED) is 0.369. The molecule has 30 heavy (non-hydrogen) atoms. The maximum absolute atomic E-state index is 10.9. The summed E-state index contributed by atoms with van der Waals surface area (Å²) in [5.41, 5.74) is 7.01. The average molecular weight is 402 g/mol. The summed E-state index contributed by atoms with van der Waals surface area (Å²) in [7, 11) is 0. The number of carboxylic acids is 1. The Bertz CT molecular complexity index is 1020. The topological polar surface area (TPSA) is 58.9 Å². The van der Waals surface area contributed by atoms with Crippen LogP contribution in [0.3, 0.4) is 0 Å². The van der Waals surface area contributed by atoms with E-state index >= 15 is 0 Å². The predicted octanol–water partition coefficient (Wildman–Crippen LogP) is 6.04. The molecule has 0 bridgehead atoms. The summed E-state index contributed by atoms with van der Waals surface area (Å²) >= 11 is 0. The Balaban J connectivity index is 1.63. The van der Waals surface area contributed by atoms with Crippen LogP contribution in [0.4, 0.5) is 0 Å². The summed E-state index contributed by atoms with van der Waals surface area (Å²) in [6, 6.07) is 24.0. The van der Waals surface area contributed by atoms with Crippen molar-refractivity contribution in [3.63, 3.8) is 0 Å². The third kappa shape index (κ3) is 5.80. The molecule has 0 fully saturated rings. The highest BCUT2D eigenvalue weighted by Crippen LogP contribution is 2.22. The van der Waals surface area contributed by atoms with Gasteiger partial charge in [0.1, 0.15) is 6.61 Å². The van der Waals surface area contributed by atoms with Crippen LogP contribution in [-0.2, 0) is 22.7 Å². The van der Waals surface area contributed by atoms with E-state index < -0.39 is 5.97 Å². The summed E-state index contributed by atoms with van der Waals surface area (Å²) in [4.78, 5) is 16.5. The van der Waals surface area contributed by atoms with E-state index in [9.17, 15) is 4.79 Å². The second-order valence-corrected chi connectivity index (χ2v) is 7.69. The molecule has 3 aromatic carbocycles. The van der Waals surface area contributed by atoms with Crippen LogP contribution < -0.4 is 0 Å². The van der Waals surface area contributed by atoms with Gasteiger partial charge < -0.3 is 9.94 Å². The molecule has 154 valence electrons. The number of hydrogen-bond acceptors (Lipinski definition) is 3. The van der Waals surface area contributed by atoms with Gasteiger partial charge >= 0.3 is 5.97 Å². The fourth-order valence-electron chi connectivity index (χ4n) is 3.19. The molecule has 3 aromatic rings. The highest BCUT2D eigenvalue weighted by atomic mass is 16.6. The summed E-state index contributed by atoms with van der Waals surface area (Å²) < 4.78 is 0. The Labute approximate surface area is 177 Å². The van der Waals surface area contributed by atoms with Gasteiger partial charge in [-0.05, 0) is 46.2 Å². The Kier molecular flexibility index (Phi) is 7.02. The molecule has 4 nitrogen and oxygen atoms in total. The third-order valence-corrected chi connectivity index (χ3v) is 5.00. The lowest BCUT2D eigenvalue weighted by molar-refractivity contribution is -0.136. The highest BCUT2D eigenvalue weighted by Gasteiger charge is 2.05. The van der Waals surface area contributed by atoms with Gasteiger partial charge in [-0.15, -0.1) is 0 Å². The minimum atomic E-state index is -0.829. The molecule has 0 aromatic heterocycles. The fraction of sp³-hybridized carbons (Fsp3) is 0.231. The first-order valence-electron chi connectivity index (χ1n) is 10.1. The maximum Gasteiger partial charge on any atom is 0.307 e. The number of rotatable bonds is 8. The van der Waals surface area contributed by atoms with Crippen LogP contribution in [0, 0.1) is 0 Å². The number of hydrogen-bond donors (Lipinski definition) is 1. The Hall–Kier alpha value is -3.40. The second kappa shape index (κ2) is 9.88. The Morgan fingerprint density at radius 2 is 1.63 bits per heavy atom. The van der Waals surface area contributed by atoms with Gasteiger partial charge in [0.15, 0.2) is 0 Å². The van der Waals surface area contributed by atoms with Gasteiger partial charge in [-0.3, -0.25) is 4.79 Å². The maximum atomic E-state index is 10.9. The molecular formula is C26H27NO3. The summed E-state index contributed by atoms with van der Waals surface area (Å²) in [6.07, 6.45) is 0.0230. The molecule has 0 aliphatic rings. The number of nitrogens with zero attached hydrogens (tertiary/aromatic N) is 1. The predicted molar refractivity (Wildman–Crippen MR) is 121 cm³/mol. The second-order valence-electron chi connectivity index (χ2n) is 7.69. The first-order chi connectivity index (χ1) is 14.4. The van der Waals surface area contributed by atoms with E-state index in [1.54, 1.807) is 0 Å². The largest absolute Gasteiger partial charge is 0.481 e. The van der Waals surface area contributed by atoms with Crippen molar-refractivity contribution in [2.24, 2.45) is 5.16 Å². The standard InChI is InChI=1S/C26H27NO3/c1-18(2)22-9-7-20(8-10-22)17-30-27-19(3)23-11-13-24(14-12-23)25-6-4-5-21(15-25)16-26(28)29/h4-15,18H,16-17H2,1-3H3,(H,28,29).